The van der Waals surface area contributed by atoms with Crippen molar-refractivity contribution in [1.29, 1.82) is 0 Å². The summed E-state index contributed by atoms with van der Waals surface area (Å²) in [5.41, 5.74) is 2.62. The summed E-state index contributed by atoms with van der Waals surface area (Å²) < 4.78 is 31.8. The highest BCUT2D eigenvalue weighted by molar-refractivity contribution is 7.92. The molecule has 1 amide bonds. The van der Waals surface area contributed by atoms with Crippen LogP contribution in [0.3, 0.4) is 0 Å². The van der Waals surface area contributed by atoms with E-state index >= 15 is 0 Å². The molecule has 1 unspecified atom stereocenters. The Balaban J connectivity index is 2.03. The molecule has 0 saturated heterocycles. The number of hydrazone groups is 1. The predicted molar refractivity (Wildman–Crippen MR) is 114 cm³/mol. The van der Waals surface area contributed by atoms with E-state index in [1.54, 1.807) is 25.1 Å². The van der Waals surface area contributed by atoms with Crippen LogP contribution in [0.15, 0.2) is 53.6 Å². The van der Waals surface area contributed by atoms with Crippen molar-refractivity contribution < 1.29 is 17.9 Å². The van der Waals surface area contributed by atoms with Gasteiger partial charge in [-0.25, -0.2) is 13.4 Å². The molecule has 154 valence electrons. The van der Waals surface area contributed by atoms with Crippen molar-refractivity contribution in [2.45, 2.75) is 32.7 Å². The molecule has 2 aromatic rings. The molecule has 3 rings (SSSR count). The first-order chi connectivity index (χ1) is 13.8. The summed E-state index contributed by atoms with van der Waals surface area (Å²) in [6.07, 6.45) is 1.87. The molecule has 1 aliphatic rings. The first-order valence-electron chi connectivity index (χ1n) is 9.52. The quantitative estimate of drug-likeness (QED) is 0.749. The Morgan fingerprint density at radius 2 is 1.86 bits per heavy atom. The molecule has 0 bridgehead atoms. The van der Waals surface area contributed by atoms with E-state index in [0.29, 0.717) is 42.2 Å². The minimum Gasteiger partial charge on any atom is -0.494 e. The third-order valence-electron chi connectivity index (χ3n) is 4.58. The summed E-state index contributed by atoms with van der Waals surface area (Å²) in [7, 11) is -3.45. The van der Waals surface area contributed by atoms with Crippen LogP contribution in [0.2, 0.25) is 0 Å². The molecule has 0 spiro atoms. The smallest absolute Gasteiger partial charge is 0.242 e. The summed E-state index contributed by atoms with van der Waals surface area (Å²) in [4.78, 5) is 12.6. The van der Waals surface area contributed by atoms with Crippen molar-refractivity contribution in [2.75, 3.05) is 17.6 Å². The van der Waals surface area contributed by atoms with Crippen molar-refractivity contribution in [3.63, 3.8) is 0 Å². The fraction of sp³-hybridized carbons (Fsp3) is 0.333. The maximum Gasteiger partial charge on any atom is 0.242 e. The van der Waals surface area contributed by atoms with E-state index in [1.807, 2.05) is 37.3 Å². The second-order valence-corrected chi connectivity index (χ2v) is 8.50. The number of benzene rings is 2. The normalized spacial score (nSPS) is 16.4. The third-order valence-corrected chi connectivity index (χ3v) is 5.17. The number of rotatable bonds is 7. The van der Waals surface area contributed by atoms with Gasteiger partial charge in [-0.3, -0.25) is 9.52 Å². The minimum absolute atomic E-state index is 0.107. The molecule has 0 saturated carbocycles. The summed E-state index contributed by atoms with van der Waals surface area (Å²) in [6.45, 7) is 4.22. The maximum absolute atomic E-state index is 12.6. The molecule has 0 aliphatic carbocycles. The number of hydrogen-bond acceptors (Lipinski definition) is 5. The van der Waals surface area contributed by atoms with Crippen LogP contribution in [0.5, 0.6) is 5.75 Å². The lowest BCUT2D eigenvalue weighted by molar-refractivity contribution is -0.132. The maximum atomic E-state index is 12.6. The average molecular weight is 416 g/mol. The molecule has 29 heavy (non-hydrogen) atoms. The molecule has 0 aromatic heterocycles. The van der Waals surface area contributed by atoms with Crippen molar-refractivity contribution in [2.24, 2.45) is 5.10 Å². The topological polar surface area (TPSA) is 88.1 Å². The van der Waals surface area contributed by atoms with Gasteiger partial charge in [0.25, 0.3) is 0 Å². The van der Waals surface area contributed by atoms with E-state index < -0.39 is 10.0 Å². The SMILES string of the molecule is CCOc1ccccc1C1CC(c2ccccc2NS(C)(=O)=O)=NN1C(=O)CC. The molecule has 8 heteroatoms. The molecule has 0 fully saturated rings. The zero-order chi connectivity index (χ0) is 21.0. The number of nitrogens with zero attached hydrogens (tertiary/aromatic N) is 2. The van der Waals surface area contributed by atoms with Crippen LogP contribution >= 0.6 is 0 Å². The van der Waals surface area contributed by atoms with Crippen LogP contribution in [-0.2, 0) is 14.8 Å². The van der Waals surface area contributed by atoms with Gasteiger partial charge in [-0.05, 0) is 19.1 Å². The third kappa shape index (κ3) is 4.76. The van der Waals surface area contributed by atoms with Gasteiger partial charge in [0.2, 0.25) is 15.9 Å². The minimum atomic E-state index is -3.45. The van der Waals surface area contributed by atoms with Gasteiger partial charge in [-0.2, -0.15) is 5.10 Å². The van der Waals surface area contributed by atoms with E-state index in [-0.39, 0.29) is 11.9 Å². The van der Waals surface area contributed by atoms with Gasteiger partial charge < -0.3 is 4.74 Å². The predicted octanol–water partition coefficient (Wildman–Crippen LogP) is 3.54. The number of amides is 1. The van der Waals surface area contributed by atoms with E-state index in [9.17, 15) is 13.2 Å². The van der Waals surface area contributed by atoms with Crippen LogP contribution in [0.25, 0.3) is 0 Å². The van der Waals surface area contributed by atoms with Gasteiger partial charge >= 0.3 is 0 Å². The first-order valence-corrected chi connectivity index (χ1v) is 11.4. The average Bonchev–Trinajstić information content (AvgIpc) is 3.12. The van der Waals surface area contributed by atoms with Crippen LogP contribution < -0.4 is 9.46 Å². The summed E-state index contributed by atoms with van der Waals surface area (Å²) in [5.74, 6) is 0.609. The summed E-state index contributed by atoms with van der Waals surface area (Å²) in [6, 6.07) is 14.4. The van der Waals surface area contributed by atoms with E-state index in [4.69, 9.17) is 4.74 Å². The molecule has 1 heterocycles. The fourth-order valence-corrected chi connectivity index (χ4v) is 3.95. The Morgan fingerprint density at radius 3 is 2.55 bits per heavy atom. The lowest BCUT2D eigenvalue weighted by atomic mass is 9.97. The lowest BCUT2D eigenvalue weighted by Crippen LogP contribution is -2.26. The molecular weight excluding hydrogens is 390 g/mol. The Morgan fingerprint density at radius 1 is 1.17 bits per heavy atom. The van der Waals surface area contributed by atoms with Gasteiger partial charge in [-0.15, -0.1) is 0 Å². The highest BCUT2D eigenvalue weighted by Gasteiger charge is 2.34. The molecule has 1 aliphatic heterocycles. The van der Waals surface area contributed by atoms with Gasteiger partial charge in [-0.1, -0.05) is 43.3 Å². The Labute approximate surface area is 171 Å². The highest BCUT2D eigenvalue weighted by atomic mass is 32.2. The van der Waals surface area contributed by atoms with Crippen molar-refractivity contribution in [3.05, 3.63) is 59.7 Å². The van der Waals surface area contributed by atoms with E-state index in [1.165, 1.54) is 5.01 Å². The number of carbonyl (C=O) groups is 1. The van der Waals surface area contributed by atoms with E-state index in [0.717, 1.165) is 11.8 Å². The van der Waals surface area contributed by atoms with Crippen molar-refractivity contribution >= 4 is 27.3 Å². The molecular formula is C21H25N3O4S. The van der Waals surface area contributed by atoms with Gasteiger partial charge in [0.15, 0.2) is 0 Å². The van der Waals surface area contributed by atoms with Crippen LogP contribution in [-0.4, -0.2) is 37.9 Å². The van der Waals surface area contributed by atoms with Gasteiger partial charge in [0.05, 0.1) is 30.3 Å². The number of nitrogens with one attached hydrogen (secondary N) is 1. The van der Waals surface area contributed by atoms with Gasteiger partial charge in [0, 0.05) is 24.0 Å². The zero-order valence-corrected chi connectivity index (χ0v) is 17.6. The Hall–Kier alpha value is -2.87. The lowest BCUT2D eigenvalue weighted by Gasteiger charge is -2.23. The summed E-state index contributed by atoms with van der Waals surface area (Å²) in [5, 5.41) is 6.08. The second-order valence-electron chi connectivity index (χ2n) is 6.75. The Bertz CT molecular complexity index is 1030. The molecule has 1 atom stereocenters. The summed E-state index contributed by atoms with van der Waals surface area (Å²) >= 11 is 0. The number of carbonyl (C=O) groups excluding carboxylic acids is 1. The number of sulfonamides is 1. The first kappa shape index (κ1) is 20.9. The van der Waals surface area contributed by atoms with Crippen LogP contribution in [0.1, 0.15) is 43.9 Å². The molecule has 1 N–H and O–H groups in total. The monoisotopic (exact) mass is 415 g/mol. The second kappa shape index (κ2) is 8.65. The van der Waals surface area contributed by atoms with Gasteiger partial charge in [0.1, 0.15) is 5.75 Å². The van der Waals surface area contributed by atoms with Crippen LogP contribution in [0.4, 0.5) is 5.69 Å². The molecule has 0 radical (unpaired) electrons. The Kier molecular flexibility index (Phi) is 6.22. The largest absolute Gasteiger partial charge is 0.494 e. The standard InChI is InChI=1S/C21H25N3O4S/c1-4-21(25)24-19(16-11-7-9-13-20(16)28-5-2)14-18(22-24)15-10-6-8-12-17(15)23-29(3,26)27/h6-13,19,23H,4-5,14H2,1-3H3. The molecule has 7 nitrogen and oxygen atoms in total. The van der Waals surface area contributed by atoms with Crippen molar-refractivity contribution in [3.8, 4) is 5.75 Å². The van der Waals surface area contributed by atoms with Crippen molar-refractivity contribution in [1.82, 2.24) is 5.01 Å². The fourth-order valence-electron chi connectivity index (χ4n) is 3.37. The van der Waals surface area contributed by atoms with Crippen LogP contribution in [0, 0.1) is 0 Å². The zero-order valence-electron chi connectivity index (χ0n) is 16.8. The molecule has 2 aromatic carbocycles. The highest BCUT2D eigenvalue weighted by Crippen LogP contribution is 2.38. The van der Waals surface area contributed by atoms with E-state index in [2.05, 4.69) is 9.82 Å². The number of anilines is 1. The number of para-hydroxylation sites is 2. The number of hydrogen-bond donors (Lipinski definition) is 1. The number of ether oxygens (including phenoxy) is 1.